The fourth-order valence-corrected chi connectivity index (χ4v) is 1.34. The zero-order valence-electron chi connectivity index (χ0n) is 6.66. The largest absolute Gasteiger partial charge is 0.465 e. The molecule has 0 saturated carbocycles. The van der Waals surface area contributed by atoms with Crippen molar-refractivity contribution < 1.29 is 9.90 Å². The predicted octanol–water partition coefficient (Wildman–Crippen LogP) is 0.334. The average molecular weight is 158 g/mol. The number of nitrogens with zero attached hydrogens (tertiary/aromatic N) is 1. The molecule has 1 fully saturated rings. The summed E-state index contributed by atoms with van der Waals surface area (Å²) >= 11 is 0. The highest BCUT2D eigenvalue weighted by molar-refractivity contribution is 5.65. The first-order chi connectivity index (χ1) is 5.11. The molecule has 4 nitrogen and oxygen atoms in total. The van der Waals surface area contributed by atoms with Crippen LogP contribution in [0.5, 0.6) is 0 Å². The van der Waals surface area contributed by atoms with Crippen LogP contribution in [0.3, 0.4) is 0 Å². The molecule has 64 valence electrons. The van der Waals surface area contributed by atoms with Gasteiger partial charge in [-0.05, 0) is 12.3 Å². The molecule has 0 bridgehead atoms. The normalized spacial score (nSPS) is 32.0. The minimum absolute atomic E-state index is 0.172. The van der Waals surface area contributed by atoms with Gasteiger partial charge in [0.05, 0.1) is 0 Å². The maximum Gasteiger partial charge on any atom is 0.407 e. The molecule has 1 amide bonds. The Bertz CT molecular complexity index is 161. The molecule has 1 heterocycles. The van der Waals surface area contributed by atoms with E-state index in [4.69, 9.17) is 10.8 Å². The van der Waals surface area contributed by atoms with Crippen LogP contribution in [-0.2, 0) is 0 Å². The SMILES string of the molecule is C[C@H]1CN(C(=O)O)CCC1N. The van der Waals surface area contributed by atoms with Gasteiger partial charge in [0.25, 0.3) is 0 Å². The fraction of sp³-hybridized carbons (Fsp3) is 0.857. The molecule has 1 aliphatic heterocycles. The van der Waals surface area contributed by atoms with Crippen molar-refractivity contribution in [2.75, 3.05) is 13.1 Å². The summed E-state index contributed by atoms with van der Waals surface area (Å²) in [5.74, 6) is 0.292. The third kappa shape index (κ3) is 1.83. The molecule has 4 heteroatoms. The number of carbonyl (C=O) groups is 1. The predicted molar refractivity (Wildman–Crippen MR) is 41.4 cm³/mol. The fourth-order valence-electron chi connectivity index (χ4n) is 1.34. The van der Waals surface area contributed by atoms with E-state index in [2.05, 4.69) is 0 Å². The van der Waals surface area contributed by atoms with Gasteiger partial charge in [0.2, 0.25) is 0 Å². The molecular formula is C7H14N2O2. The van der Waals surface area contributed by atoms with Gasteiger partial charge in [-0.2, -0.15) is 0 Å². The third-order valence-corrected chi connectivity index (χ3v) is 2.24. The summed E-state index contributed by atoms with van der Waals surface area (Å²) in [4.78, 5) is 11.9. The molecule has 1 aliphatic rings. The van der Waals surface area contributed by atoms with Gasteiger partial charge in [-0.15, -0.1) is 0 Å². The first-order valence-corrected chi connectivity index (χ1v) is 3.84. The first kappa shape index (κ1) is 8.33. The van der Waals surface area contributed by atoms with Gasteiger partial charge in [-0.25, -0.2) is 4.79 Å². The third-order valence-electron chi connectivity index (χ3n) is 2.24. The summed E-state index contributed by atoms with van der Waals surface area (Å²) in [7, 11) is 0. The van der Waals surface area contributed by atoms with Crippen LogP contribution in [0.2, 0.25) is 0 Å². The van der Waals surface area contributed by atoms with E-state index >= 15 is 0 Å². The monoisotopic (exact) mass is 158 g/mol. The van der Waals surface area contributed by atoms with Gasteiger partial charge < -0.3 is 15.7 Å². The van der Waals surface area contributed by atoms with Crippen molar-refractivity contribution >= 4 is 6.09 Å². The van der Waals surface area contributed by atoms with Crippen molar-refractivity contribution in [2.24, 2.45) is 11.7 Å². The van der Waals surface area contributed by atoms with Gasteiger partial charge in [0, 0.05) is 19.1 Å². The van der Waals surface area contributed by atoms with Crippen molar-refractivity contribution in [3.63, 3.8) is 0 Å². The molecule has 0 aromatic heterocycles. The maximum absolute atomic E-state index is 10.5. The van der Waals surface area contributed by atoms with E-state index in [0.717, 1.165) is 6.42 Å². The van der Waals surface area contributed by atoms with Gasteiger partial charge in [0.1, 0.15) is 0 Å². The number of amides is 1. The molecule has 0 aromatic rings. The molecule has 1 saturated heterocycles. The van der Waals surface area contributed by atoms with E-state index in [1.165, 1.54) is 4.90 Å². The second kappa shape index (κ2) is 3.09. The van der Waals surface area contributed by atoms with Crippen molar-refractivity contribution in [1.82, 2.24) is 4.90 Å². The molecular weight excluding hydrogens is 144 g/mol. The molecule has 1 unspecified atom stereocenters. The topological polar surface area (TPSA) is 66.6 Å². The second-order valence-electron chi connectivity index (χ2n) is 3.16. The van der Waals surface area contributed by atoms with E-state index in [0.29, 0.717) is 19.0 Å². The number of likely N-dealkylation sites (tertiary alicyclic amines) is 1. The van der Waals surface area contributed by atoms with Gasteiger partial charge in [0.15, 0.2) is 0 Å². The molecule has 2 atom stereocenters. The standard InChI is InChI=1S/C7H14N2O2/c1-5-4-9(7(10)11)3-2-6(5)8/h5-6H,2-4,8H2,1H3,(H,10,11)/t5-,6?/m0/s1. The number of rotatable bonds is 0. The lowest BCUT2D eigenvalue weighted by atomic mass is 9.95. The Kier molecular flexibility index (Phi) is 2.34. The smallest absolute Gasteiger partial charge is 0.407 e. The molecule has 0 radical (unpaired) electrons. The lowest BCUT2D eigenvalue weighted by molar-refractivity contribution is 0.117. The Morgan fingerprint density at radius 2 is 2.36 bits per heavy atom. The number of nitrogens with two attached hydrogens (primary N) is 1. The summed E-state index contributed by atoms with van der Waals surface area (Å²) < 4.78 is 0. The molecule has 0 aliphatic carbocycles. The second-order valence-corrected chi connectivity index (χ2v) is 3.16. The van der Waals surface area contributed by atoms with Crippen molar-refractivity contribution in [3.8, 4) is 0 Å². The van der Waals surface area contributed by atoms with Gasteiger partial charge in [-0.1, -0.05) is 6.92 Å². The van der Waals surface area contributed by atoms with Crippen LogP contribution in [0.15, 0.2) is 0 Å². The van der Waals surface area contributed by atoms with Crippen LogP contribution < -0.4 is 5.73 Å². The van der Waals surface area contributed by atoms with Crippen LogP contribution in [0.25, 0.3) is 0 Å². The van der Waals surface area contributed by atoms with E-state index in [1.807, 2.05) is 6.92 Å². The van der Waals surface area contributed by atoms with E-state index in [9.17, 15) is 4.79 Å². The highest BCUT2D eigenvalue weighted by atomic mass is 16.4. The molecule has 3 N–H and O–H groups in total. The molecule has 1 rings (SSSR count). The molecule has 0 aromatic carbocycles. The summed E-state index contributed by atoms with van der Waals surface area (Å²) in [6.07, 6.45) is -0.0447. The van der Waals surface area contributed by atoms with Crippen LogP contribution in [0, 0.1) is 5.92 Å². The number of hydrogen-bond acceptors (Lipinski definition) is 2. The van der Waals surface area contributed by atoms with E-state index < -0.39 is 6.09 Å². The lowest BCUT2D eigenvalue weighted by Crippen LogP contribution is -2.47. The Labute approximate surface area is 66.0 Å². The molecule has 0 spiro atoms. The zero-order valence-corrected chi connectivity index (χ0v) is 6.66. The highest BCUT2D eigenvalue weighted by Gasteiger charge is 2.25. The Balaban J connectivity index is 2.46. The summed E-state index contributed by atoms with van der Waals surface area (Å²) in [5, 5.41) is 8.63. The minimum atomic E-state index is -0.830. The Morgan fingerprint density at radius 3 is 2.82 bits per heavy atom. The van der Waals surface area contributed by atoms with Gasteiger partial charge >= 0.3 is 6.09 Å². The van der Waals surface area contributed by atoms with Crippen LogP contribution in [0.4, 0.5) is 4.79 Å². The summed E-state index contributed by atoms with van der Waals surface area (Å²) in [5.41, 5.74) is 5.72. The average Bonchev–Trinajstić information content (AvgIpc) is 1.94. The minimum Gasteiger partial charge on any atom is -0.465 e. The van der Waals surface area contributed by atoms with E-state index in [-0.39, 0.29) is 6.04 Å². The number of piperidine rings is 1. The van der Waals surface area contributed by atoms with Crippen molar-refractivity contribution in [1.29, 1.82) is 0 Å². The number of carboxylic acid groups (broad SMARTS) is 1. The van der Waals surface area contributed by atoms with Crippen LogP contribution >= 0.6 is 0 Å². The number of hydrogen-bond donors (Lipinski definition) is 2. The van der Waals surface area contributed by atoms with Crippen molar-refractivity contribution in [3.05, 3.63) is 0 Å². The first-order valence-electron chi connectivity index (χ1n) is 3.84. The zero-order chi connectivity index (χ0) is 8.43. The molecule has 11 heavy (non-hydrogen) atoms. The van der Waals surface area contributed by atoms with Gasteiger partial charge in [-0.3, -0.25) is 0 Å². The van der Waals surface area contributed by atoms with Crippen LogP contribution in [-0.4, -0.2) is 35.2 Å². The summed E-state index contributed by atoms with van der Waals surface area (Å²) in [6.45, 7) is 3.15. The lowest BCUT2D eigenvalue weighted by Gasteiger charge is -2.33. The summed E-state index contributed by atoms with van der Waals surface area (Å²) in [6, 6.07) is 0.172. The maximum atomic E-state index is 10.5. The quantitative estimate of drug-likeness (QED) is 0.534. The van der Waals surface area contributed by atoms with Crippen LogP contribution in [0.1, 0.15) is 13.3 Å². The van der Waals surface area contributed by atoms with Crippen molar-refractivity contribution in [2.45, 2.75) is 19.4 Å². The highest BCUT2D eigenvalue weighted by Crippen LogP contribution is 2.14. The Morgan fingerprint density at radius 1 is 1.73 bits per heavy atom. The van der Waals surface area contributed by atoms with E-state index in [1.54, 1.807) is 0 Å². The Hall–Kier alpha value is -0.770.